The molecule has 2 heterocycles. The van der Waals surface area contributed by atoms with Crippen LogP contribution in [0.15, 0.2) is 0 Å². The molecule has 0 atom stereocenters. The van der Waals surface area contributed by atoms with E-state index in [-0.39, 0.29) is 0 Å². The summed E-state index contributed by atoms with van der Waals surface area (Å²) in [5.41, 5.74) is 0. The van der Waals surface area contributed by atoms with E-state index in [1.54, 1.807) is 0 Å². The van der Waals surface area contributed by atoms with Gasteiger partial charge >= 0.3 is 0 Å². The molecule has 1 aromatic heterocycles. The van der Waals surface area contributed by atoms with E-state index in [1.165, 1.54) is 37.3 Å². The minimum Gasteiger partial charge on any atom is -0.360 e. The van der Waals surface area contributed by atoms with Crippen molar-refractivity contribution in [3.63, 3.8) is 0 Å². The molecule has 4 nitrogen and oxygen atoms in total. The lowest BCUT2D eigenvalue weighted by atomic mass is 9.99. The van der Waals surface area contributed by atoms with E-state index in [0.717, 1.165) is 24.1 Å². The van der Waals surface area contributed by atoms with Gasteiger partial charge in [-0.15, -0.1) is 0 Å². The summed E-state index contributed by atoms with van der Waals surface area (Å²) in [6, 6.07) is 2.03. The molecule has 2 rings (SSSR count). The minimum absolute atomic E-state index is 0.303. The molecule has 98 valence electrons. The van der Waals surface area contributed by atoms with E-state index < -0.39 is 0 Å². The molecule has 1 aliphatic heterocycles. The van der Waals surface area contributed by atoms with Gasteiger partial charge in [0.05, 0.1) is 0 Å². The van der Waals surface area contributed by atoms with Gasteiger partial charge in [0.2, 0.25) is 0 Å². The molecule has 0 bridgehead atoms. The lowest BCUT2D eigenvalue weighted by Crippen LogP contribution is -2.36. The molecule has 1 N–H and O–H groups in total. The van der Waals surface area contributed by atoms with E-state index in [4.69, 9.17) is 16.9 Å². The molecule has 0 aromatic carbocycles. The molecule has 0 spiro atoms. The third kappa shape index (κ3) is 3.58. The van der Waals surface area contributed by atoms with Crippen LogP contribution in [-0.2, 0) is 0 Å². The number of rotatable bonds is 4. The third-order valence-electron chi connectivity index (χ3n) is 3.27. The summed E-state index contributed by atoms with van der Waals surface area (Å²) in [6.45, 7) is 6.56. The predicted octanol–water partition coefficient (Wildman–Crippen LogP) is 2.81. The highest BCUT2D eigenvalue weighted by atomic mass is 35.5. The van der Waals surface area contributed by atoms with Crippen molar-refractivity contribution in [1.29, 1.82) is 5.26 Å². The summed E-state index contributed by atoms with van der Waals surface area (Å²) in [4.78, 5) is 7.05. The van der Waals surface area contributed by atoms with Crippen LogP contribution in [0, 0.1) is 17.2 Å². The van der Waals surface area contributed by atoms with Crippen molar-refractivity contribution in [3.8, 4) is 6.07 Å². The van der Waals surface area contributed by atoms with E-state index >= 15 is 0 Å². The Morgan fingerprint density at radius 2 is 2.28 bits per heavy atom. The van der Waals surface area contributed by atoms with Crippen LogP contribution in [0.1, 0.15) is 24.6 Å². The maximum Gasteiger partial charge on any atom is 0.185 e. The Labute approximate surface area is 117 Å². The average Bonchev–Trinajstić information content (AvgIpc) is 2.72. The lowest BCUT2D eigenvalue weighted by molar-refractivity contribution is 0.199. The van der Waals surface area contributed by atoms with Crippen LogP contribution in [0.25, 0.3) is 0 Å². The van der Waals surface area contributed by atoms with E-state index in [2.05, 4.69) is 22.1 Å². The second-order valence-electron chi connectivity index (χ2n) is 4.70. The fourth-order valence-corrected chi connectivity index (χ4v) is 3.03. The van der Waals surface area contributed by atoms with E-state index in [1.807, 2.05) is 6.07 Å². The zero-order valence-electron chi connectivity index (χ0n) is 10.4. The summed E-state index contributed by atoms with van der Waals surface area (Å²) in [7, 11) is 0. The summed E-state index contributed by atoms with van der Waals surface area (Å²) in [6.07, 6.45) is 2.59. The number of aromatic nitrogens is 1. The van der Waals surface area contributed by atoms with Gasteiger partial charge in [0.1, 0.15) is 10.9 Å². The molecule has 18 heavy (non-hydrogen) atoms. The fraction of sp³-hybridized carbons (Fsp3) is 0.667. The molecule has 1 fully saturated rings. The summed E-state index contributed by atoms with van der Waals surface area (Å²) in [5, 5.41) is 13.1. The van der Waals surface area contributed by atoms with Crippen molar-refractivity contribution < 1.29 is 0 Å². The van der Waals surface area contributed by atoms with Crippen LogP contribution in [0.5, 0.6) is 0 Å². The first-order valence-corrected chi connectivity index (χ1v) is 7.41. The highest BCUT2D eigenvalue weighted by Gasteiger charge is 2.15. The van der Waals surface area contributed by atoms with Gasteiger partial charge in [-0.25, -0.2) is 4.98 Å². The molecule has 1 aromatic rings. The minimum atomic E-state index is 0.303. The molecule has 1 saturated heterocycles. The highest BCUT2D eigenvalue weighted by molar-refractivity contribution is 7.16. The summed E-state index contributed by atoms with van der Waals surface area (Å²) in [5.74, 6) is 0.866. The SMILES string of the molecule is CC1CCN(CCNc2nc(Cl)c(C#N)s2)CC1. The quantitative estimate of drug-likeness (QED) is 0.924. The Morgan fingerprint density at radius 1 is 1.56 bits per heavy atom. The first kappa shape index (κ1) is 13.6. The lowest BCUT2D eigenvalue weighted by Gasteiger charge is -2.30. The van der Waals surface area contributed by atoms with Gasteiger partial charge in [-0.2, -0.15) is 5.26 Å². The molecule has 0 saturated carbocycles. The maximum atomic E-state index is 8.79. The molecular weight excluding hydrogens is 268 g/mol. The van der Waals surface area contributed by atoms with Gasteiger partial charge in [0, 0.05) is 13.1 Å². The van der Waals surface area contributed by atoms with Crippen molar-refractivity contribution >= 4 is 28.1 Å². The smallest absolute Gasteiger partial charge is 0.185 e. The van der Waals surface area contributed by atoms with E-state index in [0.29, 0.717) is 10.0 Å². The van der Waals surface area contributed by atoms with Crippen molar-refractivity contribution in [2.75, 3.05) is 31.5 Å². The summed E-state index contributed by atoms with van der Waals surface area (Å²) >= 11 is 7.13. The molecular formula is C12H17ClN4S. The van der Waals surface area contributed by atoms with Gasteiger partial charge in [0.15, 0.2) is 10.3 Å². The summed E-state index contributed by atoms with van der Waals surface area (Å²) < 4.78 is 0. The van der Waals surface area contributed by atoms with Gasteiger partial charge in [-0.1, -0.05) is 29.9 Å². The third-order valence-corrected chi connectivity index (χ3v) is 4.57. The molecule has 0 aliphatic carbocycles. The Bertz CT molecular complexity index is 432. The number of nitrogens with zero attached hydrogens (tertiary/aromatic N) is 3. The van der Waals surface area contributed by atoms with Crippen LogP contribution >= 0.6 is 22.9 Å². The van der Waals surface area contributed by atoms with Crippen molar-refractivity contribution in [1.82, 2.24) is 9.88 Å². The van der Waals surface area contributed by atoms with Crippen molar-refractivity contribution in [3.05, 3.63) is 10.0 Å². The van der Waals surface area contributed by atoms with Crippen LogP contribution < -0.4 is 5.32 Å². The molecule has 6 heteroatoms. The number of thiazole rings is 1. The molecule has 0 unspecified atom stereocenters. The highest BCUT2D eigenvalue weighted by Crippen LogP contribution is 2.25. The topological polar surface area (TPSA) is 52.0 Å². The second-order valence-corrected chi connectivity index (χ2v) is 6.06. The van der Waals surface area contributed by atoms with Gasteiger partial charge in [-0.05, 0) is 31.8 Å². The van der Waals surface area contributed by atoms with Gasteiger partial charge < -0.3 is 10.2 Å². The van der Waals surface area contributed by atoms with E-state index in [9.17, 15) is 0 Å². The second kappa shape index (κ2) is 6.37. The number of halogens is 1. The van der Waals surface area contributed by atoms with Gasteiger partial charge in [0.25, 0.3) is 0 Å². The number of hydrogen-bond donors (Lipinski definition) is 1. The standard InChI is InChI=1S/C12H17ClN4S/c1-9-2-5-17(6-3-9)7-4-15-12-16-11(13)10(8-14)18-12/h9H,2-7H2,1H3,(H,15,16). The first-order valence-electron chi connectivity index (χ1n) is 6.21. The fourth-order valence-electron chi connectivity index (χ4n) is 2.05. The number of nitrogens with one attached hydrogen (secondary N) is 1. The number of nitriles is 1. The first-order chi connectivity index (χ1) is 8.69. The molecule has 0 amide bonds. The zero-order chi connectivity index (χ0) is 13.0. The molecule has 1 aliphatic rings. The van der Waals surface area contributed by atoms with Crippen LogP contribution in [0.2, 0.25) is 5.15 Å². The van der Waals surface area contributed by atoms with Crippen LogP contribution in [0.4, 0.5) is 5.13 Å². The van der Waals surface area contributed by atoms with Crippen LogP contribution in [-0.4, -0.2) is 36.1 Å². The van der Waals surface area contributed by atoms with Crippen molar-refractivity contribution in [2.45, 2.75) is 19.8 Å². The van der Waals surface area contributed by atoms with Crippen molar-refractivity contribution in [2.24, 2.45) is 5.92 Å². The Hall–Kier alpha value is -0.830. The van der Waals surface area contributed by atoms with Crippen LogP contribution in [0.3, 0.4) is 0 Å². The average molecular weight is 285 g/mol. The predicted molar refractivity (Wildman–Crippen MR) is 75.2 cm³/mol. The number of anilines is 1. The maximum absolute atomic E-state index is 8.79. The largest absolute Gasteiger partial charge is 0.360 e. The number of piperidine rings is 1. The zero-order valence-corrected chi connectivity index (χ0v) is 12.0. The molecule has 0 radical (unpaired) electrons. The normalized spacial score (nSPS) is 17.6. The Balaban J connectivity index is 1.73. The Kier molecular flexibility index (Phi) is 4.81. The monoisotopic (exact) mass is 284 g/mol. The number of hydrogen-bond acceptors (Lipinski definition) is 5. The van der Waals surface area contributed by atoms with Gasteiger partial charge in [-0.3, -0.25) is 0 Å². The number of likely N-dealkylation sites (tertiary alicyclic amines) is 1. The Morgan fingerprint density at radius 3 is 2.89 bits per heavy atom.